The zero-order valence-corrected chi connectivity index (χ0v) is 10.5. The van der Waals surface area contributed by atoms with E-state index in [1.807, 2.05) is 0 Å². The van der Waals surface area contributed by atoms with E-state index in [1.54, 1.807) is 0 Å². The first kappa shape index (κ1) is 13.2. The summed E-state index contributed by atoms with van der Waals surface area (Å²) >= 11 is 0. The Labute approximate surface area is 107 Å². The molecule has 1 nitrogen and oxygen atoms in total. The van der Waals surface area contributed by atoms with E-state index in [1.165, 1.54) is 43.4 Å². The summed E-state index contributed by atoms with van der Waals surface area (Å²) in [6.07, 6.45) is 8.28. The van der Waals surface area contributed by atoms with Crippen LogP contribution >= 0.6 is 0 Å². The zero-order chi connectivity index (χ0) is 12.8. The topological polar surface area (TPSA) is 12.0 Å². The third-order valence-corrected chi connectivity index (χ3v) is 3.33. The largest absolute Gasteiger partial charge is 0.312 e. The van der Waals surface area contributed by atoms with Crippen LogP contribution in [0.25, 0.3) is 0 Å². The minimum absolute atomic E-state index is 0.346. The Bertz CT molecular complexity index is 427. The summed E-state index contributed by atoms with van der Waals surface area (Å²) < 4.78 is 26.3. The maximum Gasteiger partial charge on any atom is 0.127 e. The third kappa shape index (κ3) is 3.91. The smallest absolute Gasteiger partial charge is 0.127 e. The molecule has 3 heteroatoms. The van der Waals surface area contributed by atoms with Gasteiger partial charge in [0.05, 0.1) is 0 Å². The molecule has 0 spiro atoms. The molecule has 0 saturated carbocycles. The van der Waals surface area contributed by atoms with Crippen LogP contribution < -0.4 is 5.32 Å². The summed E-state index contributed by atoms with van der Waals surface area (Å²) in [5.74, 6) is -0.732. The zero-order valence-electron chi connectivity index (χ0n) is 10.5. The lowest BCUT2D eigenvalue weighted by molar-refractivity contribution is 0.566. The summed E-state index contributed by atoms with van der Waals surface area (Å²) in [5, 5.41) is 3.17. The minimum atomic E-state index is -0.386. The van der Waals surface area contributed by atoms with Gasteiger partial charge in [0.2, 0.25) is 0 Å². The fourth-order valence-electron chi connectivity index (χ4n) is 2.28. The molecule has 0 atom stereocenters. The first-order chi connectivity index (χ1) is 8.75. The number of nitrogens with one attached hydrogen (secondary N) is 1. The monoisotopic (exact) mass is 251 g/mol. The van der Waals surface area contributed by atoms with Crippen LogP contribution in [-0.2, 0) is 6.54 Å². The highest BCUT2D eigenvalue weighted by molar-refractivity contribution is 5.18. The third-order valence-electron chi connectivity index (χ3n) is 3.33. The van der Waals surface area contributed by atoms with Crippen LogP contribution in [0.1, 0.15) is 37.7 Å². The SMILES string of the molecule is Fc1ccc(F)c(CNCCC2=CCCCC2)c1. The van der Waals surface area contributed by atoms with Gasteiger partial charge in [-0.1, -0.05) is 11.6 Å². The highest BCUT2D eigenvalue weighted by Crippen LogP contribution is 2.19. The molecule has 1 aromatic rings. The molecule has 18 heavy (non-hydrogen) atoms. The Kier molecular flexibility index (Phi) is 4.88. The Balaban J connectivity index is 1.74. The molecule has 0 aromatic heterocycles. The molecule has 0 saturated heterocycles. The molecular weight excluding hydrogens is 232 g/mol. The van der Waals surface area contributed by atoms with Gasteiger partial charge < -0.3 is 5.32 Å². The van der Waals surface area contributed by atoms with Crippen molar-refractivity contribution in [1.82, 2.24) is 5.32 Å². The summed E-state index contributed by atoms with van der Waals surface area (Å²) in [6, 6.07) is 3.57. The molecule has 1 aromatic carbocycles. The Morgan fingerprint density at radius 1 is 1.17 bits per heavy atom. The van der Waals surface area contributed by atoms with Crippen molar-refractivity contribution in [1.29, 1.82) is 0 Å². The molecular formula is C15H19F2N. The van der Waals surface area contributed by atoms with E-state index in [4.69, 9.17) is 0 Å². The number of benzene rings is 1. The van der Waals surface area contributed by atoms with Gasteiger partial charge >= 0.3 is 0 Å². The maximum atomic E-state index is 13.3. The van der Waals surface area contributed by atoms with Crippen LogP contribution in [0.15, 0.2) is 29.8 Å². The second kappa shape index (κ2) is 6.64. The Morgan fingerprint density at radius 3 is 2.83 bits per heavy atom. The van der Waals surface area contributed by atoms with Gasteiger partial charge in [-0.05, 0) is 56.8 Å². The van der Waals surface area contributed by atoms with Crippen LogP contribution in [0.5, 0.6) is 0 Å². The van der Waals surface area contributed by atoms with Crippen molar-refractivity contribution in [2.75, 3.05) is 6.54 Å². The first-order valence-electron chi connectivity index (χ1n) is 6.58. The molecule has 0 radical (unpaired) electrons. The first-order valence-corrected chi connectivity index (χ1v) is 6.58. The van der Waals surface area contributed by atoms with Gasteiger partial charge in [-0.3, -0.25) is 0 Å². The average molecular weight is 251 g/mol. The Morgan fingerprint density at radius 2 is 2.06 bits per heavy atom. The van der Waals surface area contributed by atoms with Crippen LogP contribution in [0, 0.1) is 11.6 Å². The lowest BCUT2D eigenvalue weighted by atomic mass is 9.97. The second-order valence-corrected chi connectivity index (χ2v) is 4.77. The highest BCUT2D eigenvalue weighted by atomic mass is 19.1. The second-order valence-electron chi connectivity index (χ2n) is 4.77. The Hall–Kier alpha value is -1.22. The molecule has 1 aliphatic carbocycles. The lowest BCUT2D eigenvalue weighted by Gasteiger charge is -2.13. The van der Waals surface area contributed by atoms with Crippen molar-refractivity contribution in [3.63, 3.8) is 0 Å². The van der Waals surface area contributed by atoms with E-state index in [0.717, 1.165) is 19.0 Å². The van der Waals surface area contributed by atoms with Gasteiger partial charge in [-0.25, -0.2) is 8.78 Å². The van der Waals surface area contributed by atoms with Crippen molar-refractivity contribution in [2.45, 2.75) is 38.6 Å². The van der Waals surface area contributed by atoms with E-state index in [0.29, 0.717) is 12.1 Å². The van der Waals surface area contributed by atoms with Crippen LogP contribution in [-0.4, -0.2) is 6.54 Å². The van der Waals surface area contributed by atoms with Crippen molar-refractivity contribution in [3.05, 3.63) is 47.0 Å². The average Bonchev–Trinajstić information content (AvgIpc) is 2.40. The standard InChI is InChI=1S/C15H19F2N/c16-14-6-7-15(17)13(10-14)11-18-9-8-12-4-2-1-3-5-12/h4,6-7,10,18H,1-3,5,8-9,11H2. The van der Waals surface area contributed by atoms with Gasteiger partial charge in [0.1, 0.15) is 11.6 Å². The number of allylic oxidation sites excluding steroid dienone is 1. The minimum Gasteiger partial charge on any atom is -0.312 e. The molecule has 2 rings (SSSR count). The molecule has 0 aliphatic heterocycles. The van der Waals surface area contributed by atoms with Gasteiger partial charge in [0.25, 0.3) is 0 Å². The normalized spacial score (nSPS) is 15.6. The van der Waals surface area contributed by atoms with Gasteiger partial charge in [0, 0.05) is 12.1 Å². The van der Waals surface area contributed by atoms with Crippen LogP contribution in [0.4, 0.5) is 8.78 Å². The van der Waals surface area contributed by atoms with E-state index in [9.17, 15) is 8.78 Å². The van der Waals surface area contributed by atoms with Crippen LogP contribution in [0.2, 0.25) is 0 Å². The molecule has 0 bridgehead atoms. The predicted molar refractivity (Wildman–Crippen MR) is 69.2 cm³/mol. The molecule has 0 unspecified atom stereocenters. The summed E-state index contributed by atoms with van der Waals surface area (Å²) in [5.41, 5.74) is 1.89. The van der Waals surface area contributed by atoms with Crippen molar-refractivity contribution in [3.8, 4) is 0 Å². The molecule has 0 amide bonds. The lowest BCUT2D eigenvalue weighted by Crippen LogP contribution is -2.16. The summed E-state index contributed by atoms with van der Waals surface area (Å²) in [6.45, 7) is 1.21. The molecule has 0 heterocycles. The van der Waals surface area contributed by atoms with Gasteiger partial charge in [0.15, 0.2) is 0 Å². The maximum absolute atomic E-state index is 13.3. The van der Waals surface area contributed by atoms with Crippen molar-refractivity contribution in [2.24, 2.45) is 0 Å². The van der Waals surface area contributed by atoms with E-state index < -0.39 is 0 Å². The molecule has 1 aliphatic rings. The number of rotatable bonds is 5. The molecule has 98 valence electrons. The number of hydrogen-bond donors (Lipinski definition) is 1. The fourth-order valence-corrected chi connectivity index (χ4v) is 2.28. The van der Waals surface area contributed by atoms with Crippen molar-refractivity contribution < 1.29 is 8.78 Å². The van der Waals surface area contributed by atoms with E-state index >= 15 is 0 Å². The highest BCUT2D eigenvalue weighted by Gasteiger charge is 2.05. The number of halogens is 2. The number of hydrogen-bond acceptors (Lipinski definition) is 1. The van der Waals surface area contributed by atoms with E-state index in [-0.39, 0.29) is 11.6 Å². The van der Waals surface area contributed by atoms with Crippen molar-refractivity contribution >= 4 is 0 Å². The summed E-state index contributed by atoms with van der Waals surface area (Å²) in [7, 11) is 0. The quantitative estimate of drug-likeness (QED) is 0.617. The summed E-state index contributed by atoms with van der Waals surface area (Å²) in [4.78, 5) is 0. The van der Waals surface area contributed by atoms with Gasteiger partial charge in [-0.15, -0.1) is 0 Å². The van der Waals surface area contributed by atoms with Gasteiger partial charge in [-0.2, -0.15) is 0 Å². The predicted octanol–water partition coefficient (Wildman–Crippen LogP) is 3.94. The fraction of sp³-hybridized carbons (Fsp3) is 0.467. The molecule has 0 fully saturated rings. The van der Waals surface area contributed by atoms with E-state index in [2.05, 4.69) is 11.4 Å². The van der Waals surface area contributed by atoms with Crippen LogP contribution in [0.3, 0.4) is 0 Å². The molecule has 1 N–H and O–H groups in total.